The molecule has 0 aliphatic heterocycles. The summed E-state index contributed by atoms with van der Waals surface area (Å²) in [5.41, 5.74) is -0.144. The van der Waals surface area contributed by atoms with E-state index in [1.807, 2.05) is 13.8 Å². The van der Waals surface area contributed by atoms with Crippen LogP contribution in [0.5, 0.6) is 0 Å². The van der Waals surface area contributed by atoms with Crippen molar-refractivity contribution in [2.45, 2.75) is 19.8 Å². The first-order valence-corrected chi connectivity index (χ1v) is 4.22. The Bertz CT molecular complexity index is 360. The number of hydrogen-bond donors (Lipinski definition) is 0. The van der Waals surface area contributed by atoms with Gasteiger partial charge in [0.1, 0.15) is 4.87 Å². The summed E-state index contributed by atoms with van der Waals surface area (Å²) in [6.07, 6.45) is 0. The third-order valence-electron chi connectivity index (χ3n) is 1.51. The first-order valence-electron chi connectivity index (χ1n) is 3.40. The van der Waals surface area contributed by atoms with Crippen molar-refractivity contribution in [1.82, 2.24) is 4.57 Å². The second kappa shape index (κ2) is 4.54. The maximum atomic E-state index is 11.2. The molecule has 0 aliphatic carbocycles. The molecule has 0 aromatic carbocycles. The van der Waals surface area contributed by atoms with Crippen molar-refractivity contribution in [2.75, 3.05) is 0 Å². The van der Waals surface area contributed by atoms with Crippen LogP contribution in [0, 0.1) is 0 Å². The van der Waals surface area contributed by atoms with Crippen LogP contribution < -0.4 is 10.4 Å². The van der Waals surface area contributed by atoms with Gasteiger partial charge in [0.05, 0.1) is 0 Å². The molecule has 0 unspecified atom stereocenters. The molecule has 0 bridgehead atoms. The van der Waals surface area contributed by atoms with Crippen molar-refractivity contribution in [2.24, 2.45) is 7.05 Å². The van der Waals surface area contributed by atoms with E-state index in [1.54, 1.807) is 0 Å². The average Bonchev–Trinajstić information content (AvgIpc) is 2.17. The van der Waals surface area contributed by atoms with E-state index >= 15 is 0 Å². The third kappa shape index (κ3) is 2.18. The zero-order valence-electron chi connectivity index (χ0n) is 7.33. The minimum absolute atomic E-state index is 0. The predicted octanol–water partition coefficient (Wildman–Crippen LogP) is 0.647. The van der Waals surface area contributed by atoms with Gasteiger partial charge in [-0.15, -0.1) is 0 Å². The topological polar surface area (TPSA) is 39.1 Å². The summed E-state index contributed by atoms with van der Waals surface area (Å²) in [5.74, 6) is 0.154. The fourth-order valence-corrected chi connectivity index (χ4v) is 1.69. The molecule has 1 heterocycles. The quantitative estimate of drug-likeness (QED) is 0.696. The van der Waals surface area contributed by atoms with Crippen molar-refractivity contribution < 1.29 is 32.7 Å². The number of rotatable bonds is 1. The van der Waals surface area contributed by atoms with E-state index in [1.165, 1.54) is 7.05 Å². The molecule has 1 aromatic rings. The van der Waals surface area contributed by atoms with Crippen LogP contribution in [-0.4, -0.2) is 4.57 Å². The summed E-state index contributed by atoms with van der Waals surface area (Å²) in [4.78, 5) is 22.6. The second-order valence-electron chi connectivity index (χ2n) is 2.75. The minimum Gasteiger partial charge on any atom is -0.371 e. The Hall–Kier alpha value is 0.334. The van der Waals surface area contributed by atoms with E-state index in [4.69, 9.17) is 0 Å². The van der Waals surface area contributed by atoms with Crippen LogP contribution in [0.25, 0.3) is 0 Å². The Labute approximate surface area is 99.7 Å². The maximum Gasteiger partial charge on any atom is 0.169 e. The molecule has 12 heavy (non-hydrogen) atoms. The standard InChI is InChI=1S/C7H10NO2S.Y/c1-4(2)5-6(9)8(3)7(10)11-5;/h4H,1-3H3;/q-1;. The summed E-state index contributed by atoms with van der Waals surface area (Å²) in [6, 6.07) is 0. The molecule has 1 rings (SSSR count). The molecule has 0 N–H and O–H groups in total. The fraction of sp³-hybridized carbons (Fsp3) is 0.571. The Balaban J connectivity index is 0.00000121. The van der Waals surface area contributed by atoms with Crippen LogP contribution in [0.4, 0.5) is 0 Å². The van der Waals surface area contributed by atoms with Gasteiger partial charge < -0.3 is 9.36 Å². The van der Waals surface area contributed by atoms with E-state index in [9.17, 15) is 9.59 Å². The average molecular weight is 261 g/mol. The van der Waals surface area contributed by atoms with Gasteiger partial charge in [0.15, 0.2) is 5.56 Å². The van der Waals surface area contributed by atoms with Crippen molar-refractivity contribution in [1.29, 1.82) is 0 Å². The summed E-state index contributed by atoms with van der Waals surface area (Å²) >= 11 is 1.04. The van der Waals surface area contributed by atoms with Gasteiger partial charge in [-0.25, -0.2) is 0 Å². The van der Waals surface area contributed by atoms with Gasteiger partial charge in [-0.3, -0.25) is 16.1 Å². The molecular formula is C7H10NO2SY-. The molecule has 0 saturated carbocycles. The molecule has 0 saturated heterocycles. The van der Waals surface area contributed by atoms with Gasteiger partial charge in [-0.05, 0) is 7.05 Å². The molecule has 0 aliphatic rings. The summed E-state index contributed by atoms with van der Waals surface area (Å²) in [7, 11) is 1.51. The van der Waals surface area contributed by atoms with Gasteiger partial charge >= 0.3 is 0 Å². The van der Waals surface area contributed by atoms with E-state index in [-0.39, 0.29) is 49.1 Å². The molecule has 5 heteroatoms. The number of hydrogen-bond acceptors (Lipinski definition) is 3. The Morgan fingerprint density at radius 3 is 2.08 bits per heavy atom. The minimum atomic E-state index is -0.168. The molecule has 0 atom stereocenters. The smallest absolute Gasteiger partial charge is 0.169 e. The maximum absolute atomic E-state index is 11.2. The largest absolute Gasteiger partial charge is 0.371 e. The summed E-state index contributed by atoms with van der Waals surface area (Å²) < 4.78 is 1.15. The van der Waals surface area contributed by atoms with Crippen molar-refractivity contribution in [3.63, 3.8) is 0 Å². The van der Waals surface area contributed by atoms with Crippen LogP contribution in [0.15, 0.2) is 9.59 Å². The molecular weight excluding hydrogens is 251 g/mol. The predicted molar refractivity (Wildman–Crippen MR) is 45.5 cm³/mol. The van der Waals surface area contributed by atoms with Gasteiger partial charge in [0, 0.05) is 32.7 Å². The first-order chi connectivity index (χ1) is 5.04. The Morgan fingerprint density at radius 1 is 1.42 bits per heavy atom. The van der Waals surface area contributed by atoms with E-state index < -0.39 is 0 Å². The SMILES string of the molecule is CC(C)[c-]1sc(=O)n(C)c1=O.[Y]. The van der Waals surface area contributed by atoms with E-state index in [0.29, 0.717) is 4.88 Å². The fourth-order valence-electron chi connectivity index (χ4n) is 0.819. The zero-order chi connectivity index (χ0) is 8.59. The van der Waals surface area contributed by atoms with Crippen LogP contribution in [-0.2, 0) is 39.8 Å². The Kier molecular flexibility index (Phi) is 4.66. The molecule has 1 aromatic heterocycles. The van der Waals surface area contributed by atoms with Gasteiger partial charge in [0.25, 0.3) is 0 Å². The molecule has 65 valence electrons. The van der Waals surface area contributed by atoms with Crippen molar-refractivity contribution in [3.05, 3.63) is 24.9 Å². The molecule has 1 radical (unpaired) electrons. The van der Waals surface area contributed by atoms with Gasteiger partial charge in [-0.1, -0.05) is 24.6 Å². The van der Waals surface area contributed by atoms with Gasteiger partial charge in [-0.2, -0.15) is 0 Å². The van der Waals surface area contributed by atoms with E-state index in [0.717, 1.165) is 15.9 Å². The van der Waals surface area contributed by atoms with Crippen LogP contribution in [0.2, 0.25) is 0 Å². The third-order valence-corrected chi connectivity index (χ3v) is 2.83. The first kappa shape index (κ1) is 12.3. The monoisotopic (exact) mass is 261 g/mol. The van der Waals surface area contributed by atoms with Crippen LogP contribution in [0.3, 0.4) is 0 Å². The van der Waals surface area contributed by atoms with E-state index in [2.05, 4.69) is 0 Å². The zero-order valence-corrected chi connectivity index (χ0v) is 11.0. The number of thiazole rings is 1. The molecule has 3 nitrogen and oxygen atoms in total. The van der Waals surface area contributed by atoms with Crippen molar-refractivity contribution >= 4 is 11.3 Å². The molecule has 0 fully saturated rings. The molecule has 0 amide bonds. The number of aromatic nitrogens is 1. The van der Waals surface area contributed by atoms with Crippen LogP contribution >= 0.6 is 11.3 Å². The second-order valence-corrected chi connectivity index (χ2v) is 3.74. The molecule has 0 spiro atoms. The number of nitrogens with zero attached hydrogens (tertiary/aromatic N) is 1. The summed E-state index contributed by atoms with van der Waals surface area (Å²) in [5, 5.41) is 0. The van der Waals surface area contributed by atoms with Gasteiger partial charge in [0.2, 0.25) is 0 Å². The van der Waals surface area contributed by atoms with Crippen LogP contribution in [0.1, 0.15) is 24.6 Å². The summed E-state index contributed by atoms with van der Waals surface area (Å²) in [6.45, 7) is 3.82. The Morgan fingerprint density at radius 2 is 1.92 bits per heavy atom. The van der Waals surface area contributed by atoms with Crippen molar-refractivity contribution in [3.8, 4) is 0 Å². The normalized spacial score (nSPS) is 10.0.